The van der Waals surface area contributed by atoms with Gasteiger partial charge in [0.05, 0.1) is 0 Å². The van der Waals surface area contributed by atoms with Crippen LogP contribution < -0.4 is 5.32 Å². The molecule has 0 atom stereocenters. The van der Waals surface area contributed by atoms with Crippen molar-refractivity contribution < 1.29 is 9.18 Å². The lowest BCUT2D eigenvalue weighted by atomic mass is 10.1. The van der Waals surface area contributed by atoms with Gasteiger partial charge in [0.2, 0.25) is 0 Å². The van der Waals surface area contributed by atoms with E-state index in [1.807, 2.05) is 19.1 Å². The maximum atomic E-state index is 12.4. The monoisotopic (exact) mass is 193 g/mol. The Morgan fingerprint density at radius 1 is 1.50 bits per heavy atom. The van der Waals surface area contributed by atoms with Gasteiger partial charge in [-0.25, -0.2) is 4.39 Å². The Hall–Kier alpha value is -1.64. The van der Waals surface area contributed by atoms with E-state index in [-0.39, 0.29) is 0 Å². The summed E-state index contributed by atoms with van der Waals surface area (Å²) in [6, 6.07) is 7.28. The first-order chi connectivity index (χ1) is 6.65. The SMILES string of the molecule is C=C(F)C(=O)Nc1ccccc1CC. The van der Waals surface area contributed by atoms with Gasteiger partial charge in [-0.2, -0.15) is 0 Å². The number of hydrogen-bond acceptors (Lipinski definition) is 1. The third kappa shape index (κ3) is 2.42. The largest absolute Gasteiger partial charge is 0.320 e. The lowest BCUT2D eigenvalue weighted by Crippen LogP contribution is -2.12. The minimum atomic E-state index is -0.976. The predicted octanol–water partition coefficient (Wildman–Crippen LogP) is 2.67. The second-order valence-corrected chi connectivity index (χ2v) is 2.87. The molecule has 0 radical (unpaired) electrons. The molecule has 0 saturated heterocycles. The fraction of sp³-hybridized carbons (Fsp3) is 0.182. The van der Waals surface area contributed by atoms with Gasteiger partial charge in [-0.3, -0.25) is 4.79 Å². The number of para-hydroxylation sites is 1. The lowest BCUT2D eigenvalue weighted by Gasteiger charge is -2.07. The van der Waals surface area contributed by atoms with Crippen molar-refractivity contribution in [2.45, 2.75) is 13.3 Å². The smallest absolute Gasteiger partial charge is 0.283 e. The van der Waals surface area contributed by atoms with E-state index >= 15 is 0 Å². The molecular weight excluding hydrogens is 181 g/mol. The molecule has 1 amide bonds. The van der Waals surface area contributed by atoms with Crippen LogP contribution in [0.1, 0.15) is 12.5 Å². The van der Waals surface area contributed by atoms with Crippen LogP contribution in [0.25, 0.3) is 0 Å². The predicted molar refractivity (Wildman–Crippen MR) is 54.7 cm³/mol. The zero-order valence-electron chi connectivity index (χ0n) is 8.01. The molecule has 1 aromatic rings. The molecule has 74 valence electrons. The molecule has 0 spiro atoms. The van der Waals surface area contributed by atoms with E-state index in [9.17, 15) is 9.18 Å². The van der Waals surface area contributed by atoms with Gasteiger partial charge in [-0.05, 0) is 18.1 Å². The Balaban J connectivity index is 2.85. The van der Waals surface area contributed by atoms with Gasteiger partial charge in [0.25, 0.3) is 5.91 Å². The highest BCUT2D eigenvalue weighted by Gasteiger charge is 2.07. The Bertz CT molecular complexity index is 360. The molecule has 0 aliphatic rings. The maximum Gasteiger partial charge on any atom is 0.283 e. The van der Waals surface area contributed by atoms with Crippen LogP contribution >= 0.6 is 0 Å². The number of rotatable bonds is 3. The zero-order chi connectivity index (χ0) is 10.6. The number of hydrogen-bond donors (Lipinski definition) is 1. The van der Waals surface area contributed by atoms with Gasteiger partial charge in [-0.15, -0.1) is 0 Å². The minimum absolute atomic E-state index is 0.638. The van der Waals surface area contributed by atoms with E-state index in [1.165, 1.54) is 0 Å². The van der Waals surface area contributed by atoms with Crippen molar-refractivity contribution in [3.8, 4) is 0 Å². The first-order valence-corrected chi connectivity index (χ1v) is 4.38. The molecule has 0 aliphatic heterocycles. The molecular formula is C11H12FNO. The summed E-state index contributed by atoms with van der Waals surface area (Å²) in [4.78, 5) is 11.0. The molecule has 0 fully saturated rings. The van der Waals surface area contributed by atoms with Crippen LogP contribution in [0.3, 0.4) is 0 Å². The average Bonchev–Trinajstić information content (AvgIpc) is 2.18. The van der Waals surface area contributed by atoms with Crippen molar-refractivity contribution in [2.24, 2.45) is 0 Å². The molecule has 0 aromatic heterocycles. The first kappa shape index (κ1) is 10.4. The number of anilines is 1. The van der Waals surface area contributed by atoms with Crippen LogP contribution in [-0.2, 0) is 11.2 Å². The summed E-state index contributed by atoms with van der Waals surface area (Å²) in [5.74, 6) is -1.76. The quantitative estimate of drug-likeness (QED) is 0.734. The normalized spacial score (nSPS) is 9.57. The number of amides is 1. The number of benzene rings is 1. The molecule has 0 heterocycles. The van der Waals surface area contributed by atoms with E-state index in [2.05, 4.69) is 11.9 Å². The first-order valence-electron chi connectivity index (χ1n) is 4.38. The summed E-state index contributed by atoms with van der Waals surface area (Å²) in [6.07, 6.45) is 0.787. The molecule has 1 rings (SSSR count). The van der Waals surface area contributed by atoms with Crippen molar-refractivity contribution in [3.05, 3.63) is 42.2 Å². The van der Waals surface area contributed by atoms with Crippen LogP contribution in [0.5, 0.6) is 0 Å². The van der Waals surface area contributed by atoms with Gasteiger partial charge in [0, 0.05) is 5.69 Å². The third-order valence-corrected chi connectivity index (χ3v) is 1.89. The maximum absolute atomic E-state index is 12.4. The second-order valence-electron chi connectivity index (χ2n) is 2.87. The van der Waals surface area contributed by atoms with Gasteiger partial charge in [-0.1, -0.05) is 31.7 Å². The van der Waals surface area contributed by atoms with E-state index in [1.54, 1.807) is 12.1 Å². The summed E-state index contributed by atoms with van der Waals surface area (Å²) < 4.78 is 12.4. The molecule has 0 saturated carbocycles. The lowest BCUT2D eigenvalue weighted by molar-refractivity contribution is -0.114. The molecule has 3 heteroatoms. The number of halogens is 1. The minimum Gasteiger partial charge on any atom is -0.320 e. The average molecular weight is 193 g/mol. The fourth-order valence-electron chi connectivity index (χ4n) is 1.14. The molecule has 1 N–H and O–H groups in total. The van der Waals surface area contributed by atoms with Crippen LogP contribution in [0.15, 0.2) is 36.7 Å². The number of aryl methyl sites for hydroxylation is 1. The van der Waals surface area contributed by atoms with Crippen LogP contribution in [0.2, 0.25) is 0 Å². The highest BCUT2D eigenvalue weighted by atomic mass is 19.1. The van der Waals surface area contributed by atoms with Crippen molar-refractivity contribution in [1.29, 1.82) is 0 Å². The van der Waals surface area contributed by atoms with Crippen LogP contribution in [-0.4, -0.2) is 5.91 Å². The Morgan fingerprint density at radius 3 is 2.71 bits per heavy atom. The highest BCUT2D eigenvalue weighted by Crippen LogP contribution is 2.16. The van der Waals surface area contributed by atoms with Crippen molar-refractivity contribution in [3.63, 3.8) is 0 Å². The van der Waals surface area contributed by atoms with Crippen molar-refractivity contribution in [1.82, 2.24) is 0 Å². The Morgan fingerprint density at radius 2 is 2.14 bits per heavy atom. The number of nitrogens with one attached hydrogen (secondary N) is 1. The molecule has 0 aliphatic carbocycles. The standard InChI is InChI=1S/C11H12FNO/c1-3-9-6-4-5-7-10(9)13-11(14)8(2)12/h4-7H,2-3H2,1H3,(H,13,14). The van der Waals surface area contributed by atoms with Gasteiger partial charge < -0.3 is 5.32 Å². The molecule has 0 bridgehead atoms. The molecule has 0 unspecified atom stereocenters. The highest BCUT2D eigenvalue weighted by molar-refractivity contribution is 6.02. The Labute approximate surface area is 82.4 Å². The van der Waals surface area contributed by atoms with E-state index < -0.39 is 11.7 Å². The molecule has 14 heavy (non-hydrogen) atoms. The van der Waals surface area contributed by atoms with Gasteiger partial charge in [0.1, 0.15) is 0 Å². The van der Waals surface area contributed by atoms with Crippen molar-refractivity contribution in [2.75, 3.05) is 5.32 Å². The summed E-state index contributed by atoms with van der Waals surface area (Å²) in [5, 5.41) is 2.45. The van der Waals surface area contributed by atoms with Crippen LogP contribution in [0.4, 0.5) is 10.1 Å². The third-order valence-electron chi connectivity index (χ3n) is 1.89. The summed E-state index contributed by atoms with van der Waals surface area (Å²) in [6.45, 7) is 4.90. The van der Waals surface area contributed by atoms with Gasteiger partial charge in [0.15, 0.2) is 5.83 Å². The van der Waals surface area contributed by atoms with Crippen LogP contribution in [0, 0.1) is 0 Å². The summed E-state index contributed by atoms with van der Waals surface area (Å²) >= 11 is 0. The fourth-order valence-corrected chi connectivity index (χ4v) is 1.14. The second kappa shape index (κ2) is 4.56. The van der Waals surface area contributed by atoms with E-state index in [4.69, 9.17) is 0 Å². The number of carbonyl (C=O) groups excluding carboxylic acids is 1. The number of carbonyl (C=O) groups is 1. The topological polar surface area (TPSA) is 29.1 Å². The molecule has 2 nitrogen and oxygen atoms in total. The zero-order valence-corrected chi connectivity index (χ0v) is 8.01. The molecule has 1 aromatic carbocycles. The van der Waals surface area contributed by atoms with Crippen molar-refractivity contribution >= 4 is 11.6 Å². The van der Waals surface area contributed by atoms with E-state index in [0.717, 1.165) is 12.0 Å². The Kier molecular flexibility index (Phi) is 3.40. The van der Waals surface area contributed by atoms with E-state index in [0.29, 0.717) is 5.69 Å². The summed E-state index contributed by atoms with van der Waals surface area (Å²) in [5.41, 5.74) is 1.61. The summed E-state index contributed by atoms with van der Waals surface area (Å²) in [7, 11) is 0. The van der Waals surface area contributed by atoms with Gasteiger partial charge >= 0.3 is 0 Å².